The number of halogens is 1. The van der Waals surface area contributed by atoms with Crippen molar-refractivity contribution in [1.29, 1.82) is 0 Å². The second-order valence-corrected chi connectivity index (χ2v) is 6.04. The van der Waals surface area contributed by atoms with Crippen molar-refractivity contribution in [3.8, 4) is 5.75 Å². The summed E-state index contributed by atoms with van der Waals surface area (Å²) in [4.78, 5) is 27.8. The van der Waals surface area contributed by atoms with E-state index in [1.807, 2.05) is 13.8 Å². The van der Waals surface area contributed by atoms with Gasteiger partial charge in [-0.3, -0.25) is 4.79 Å². The molecule has 0 bridgehead atoms. The van der Waals surface area contributed by atoms with Crippen LogP contribution in [0.1, 0.15) is 29.3 Å². The molecule has 0 saturated carbocycles. The molecule has 1 aromatic rings. The van der Waals surface area contributed by atoms with Crippen LogP contribution in [0.15, 0.2) is 12.1 Å². The fourth-order valence-corrected chi connectivity index (χ4v) is 2.97. The van der Waals surface area contributed by atoms with Crippen molar-refractivity contribution >= 4 is 23.6 Å². The Labute approximate surface area is 147 Å². The fourth-order valence-electron chi connectivity index (χ4n) is 2.75. The molecule has 1 saturated heterocycles. The number of hydrogen-bond donors (Lipinski definition) is 0. The van der Waals surface area contributed by atoms with Gasteiger partial charge in [0.15, 0.2) is 0 Å². The number of methoxy groups -OCH3 is 1. The van der Waals surface area contributed by atoms with E-state index in [9.17, 15) is 9.59 Å². The molecule has 7 heteroatoms. The van der Waals surface area contributed by atoms with Crippen LogP contribution in [0.4, 0.5) is 4.79 Å². The maximum atomic E-state index is 12.8. The predicted molar refractivity (Wildman–Crippen MR) is 91.9 cm³/mol. The molecule has 0 N–H and O–H groups in total. The summed E-state index contributed by atoms with van der Waals surface area (Å²) in [7, 11) is 1.36. The zero-order valence-corrected chi connectivity index (χ0v) is 15.1. The van der Waals surface area contributed by atoms with Gasteiger partial charge in [0, 0.05) is 31.7 Å². The van der Waals surface area contributed by atoms with Gasteiger partial charge in [-0.25, -0.2) is 4.79 Å². The average Bonchev–Trinajstić information content (AvgIpc) is 2.83. The molecule has 0 aromatic heterocycles. The van der Waals surface area contributed by atoms with Crippen LogP contribution in [0, 0.1) is 6.92 Å². The second-order valence-electron chi connectivity index (χ2n) is 5.63. The van der Waals surface area contributed by atoms with Crippen LogP contribution in [-0.4, -0.2) is 61.7 Å². The predicted octanol–water partition coefficient (Wildman–Crippen LogP) is 2.96. The lowest BCUT2D eigenvalue weighted by Crippen LogP contribution is -2.37. The van der Waals surface area contributed by atoms with E-state index in [-0.39, 0.29) is 12.0 Å². The van der Waals surface area contributed by atoms with Crippen LogP contribution in [0.5, 0.6) is 5.75 Å². The molecule has 1 aliphatic rings. The van der Waals surface area contributed by atoms with E-state index in [0.717, 1.165) is 5.56 Å². The Kier molecular flexibility index (Phi) is 6.31. The molecule has 1 heterocycles. The topological polar surface area (TPSA) is 59.1 Å². The van der Waals surface area contributed by atoms with E-state index in [0.29, 0.717) is 55.5 Å². The summed E-state index contributed by atoms with van der Waals surface area (Å²) in [5.74, 6) is 0.505. The highest BCUT2D eigenvalue weighted by Gasteiger charge is 2.24. The number of benzene rings is 1. The molecule has 2 rings (SSSR count). The number of rotatable bonds is 3. The highest BCUT2D eigenvalue weighted by molar-refractivity contribution is 6.32. The Morgan fingerprint density at radius 3 is 2.50 bits per heavy atom. The lowest BCUT2D eigenvalue weighted by atomic mass is 10.1. The van der Waals surface area contributed by atoms with Gasteiger partial charge >= 0.3 is 6.09 Å². The first-order valence-electron chi connectivity index (χ1n) is 8.03. The Bertz CT molecular complexity index is 621. The van der Waals surface area contributed by atoms with E-state index < -0.39 is 0 Å². The quantitative estimate of drug-likeness (QED) is 0.837. The maximum Gasteiger partial charge on any atom is 0.409 e. The second kappa shape index (κ2) is 8.24. The van der Waals surface area contributed by atoms with E-state index in [1.165, 1.54) is 7.11 Å². The monoisotopic (exact) mass is 354 g/mol. The van der Waals surface area contributed by atoms with Crippen LogP contribution in [0.3, 0.4) is 0 Å². The Balaban J connectivity index is 2.14. The Hall–Kier alpha value is -1.95. The standard InChI is InChI=1S/C17H23ClN2O4/c1-4-24-15-10-12(2)13(11-14(15)18)16(21)19-6-5-7-20(9-8-19)17(22)23-3/h10-11H,4-9H2,1-3H3. The van der Waals surface area contributed by atoms with Gasteiger partial charge < -0.3 is 19.3 Å². The van der Waals surface area contributed by atoms with Gasteiger partial charge in [0.25, 0.3) is 5.91 Å². The van der Waals surface area contributed by atoms with E-state index in [2.05, 4.69) is 0 Å². The first-order valence-corrected chi connectivity index (χ1v) is 8.40. The molecule has 0 unspecified atom stereocenters. The number of carbonyl (C=O) groups excluding carboxylic acids is 2. The zero-order chi connectivity index (χ0) is 17.7. The van der Waals surface area contributed by atoms with Crippen molar-refractivity contribution in [2.75, 3.05) is 39.9 Å². The third-order valence-electron chi connectivity index (χ3n) is 4.03. The van der Waals surface area contributed by atoms with Crippen LogP contribution < -0.4 is 4.74 Å². The van der Waals surface area contributed by atoms with Crippen LogP contribution in [-0.2, 0) is 4.74 Å². The summed E-state index contributed by atoms with van der Waals surface area (Å²) in [5.41, 5.74) is 1.39. The highest BCUT2D eigenvalue weighted by atomic mass is 35.5. The van der Waals surface area contributed by atoms with Crippen molar-refractivity contribution in [2.24, 2.45) is 0 Å². The third kappa shape index (κ3) is 4.12. The molecule has 0 radical (unpaired) electrons. The first kappa shape index (κ1) is 18.4. The molecule has 0 aliphatic carbocycles. The molecule has 0 atom stereocenters. The molecule has 132 valence electrons. The Morgan fingerprint density at radius 2 is 1.83 bits per heavy atom. The summed E-state index contributed by atoms with van der Waals surface area (Å²) in [6.45, 7) is 6.37. The number of aryl methyl sites for hydroxylation is 1. The van der Waals surface area contributed by atoms with Crippen LogP contribution in [0.25, 0.3) is 0 Å². The minimum absolute atomic E-state index is 0.0795. The molecule has 0 spiro atoms. The summed E-state index contributed by atoms with van der Waals surface area (Å²) in [6, 6.07) is 3.45. The average molecular weight is 355 g/mol. The lowest BCUT2D eigenvalue weighted by Gasteiger charge is -2.22. The SMILES string of the molecule is CCOc1cc(C)c(C(=O)N2CCCN(C(=O)OC)CC2)cc1Cl. The third-order valence-corrected chi connectivity index (χ3v) is 4.32. The van der Waals surface area contributed by atoms with Crippen LogP contribution in [0.2, 0.25) is 5.02 Å². The number of ether oxygens (including phenoxy) is 2. The summed E-state index contributed by atoms with van der Waals surface area (Å²) in [6.07, 6.45) is 0.356. The zero-order valence-electron chi connectivity index (χ0n) is 14.3. The molecule has 6 nitrogen and oxygen atoms in total. The molecular weight excluding hydrogens is 332 g/mol. The molecule has 1 aliphatic heterocycles. The van der Waals surface area contributed by atoms with E-state index in [1.54, 1.807) is 21.9 Å². The van der Waals surface area contributed by atoms with Crippen molar-refractivity contribution in [3.63, 3.8) is 0 Å². The number of hydrogen-bond acceptors (Lipinski definition) is 4. The first-order chi connectivity index (χ1) is 11.5. The Morgan fingerprint density at radius 1 is 1.17 bits per heavy atom. The van der Waals surface area contributed by atoms with Gasteiger partial charge in [-0.15, -0.1) is 0 Å². The minimum Gasteiger partial charge on any atom is -0.492 e. The van der Waals surface area contributed by atoms with Gasteiger partial charge in [0.1, 0.15) is 5.75 Å². The number of amides is 2. The van der Waals surface area contributed by atoms with Crippen molar-refractivity contribution < 1.29 is 19.1 Å². The molecule has 1 aromatic carbocycles. The summed E-state index contributed by atoms with van der Waals surface area (Å²) in [5, 5.41) is 0.428. The summed E-state index contributed by atoms with van der Waals surface area (Å²) >= 11 is 6.21. The number of nitrogens with zero attached hydrogens (tertiary/aromatic N) is 2. The van der Waals surface area contributed by atoms with E-state index >= 15 is 0 Å². The largest absolute Gasteiger partial charge is 0.492 e. The minimum atomic E-state index is -0.357. The lowest BCUT2D eigenvalue weighted by molar-refractivity contribution is 0.0756. The molecule has 2 amide bonds. The van der Waals surface area contributed by atoms with Gasteiger partial charge in [-0.05, 0) is 38.0 Å². The molecule has 24 heavy (non-hydrogen) atoms. The normalized spacial score (nSPS) is 15.0. The van der Waals surface area contributed by atoms with Gasteiger partial charge in [-0.2, -0.15) is 0 Å². The smallest absolute Gasteiger partial charge is 0.409 e. The fraction of sp³-hybridized carbons (Fsp3) is 0.529. The highest BCUT2D eigenvalue weighted by Crippen LogP contribution is 2.29. The van der Waals surface area contributed by atoms with Gasteiger partial charge in [0.2, 0.25) is 0 Å². The molecule has 1 fully saturated rings. The van der Waals surface area contributed by atoms with Crippen molar-refractivity contribution in [2.45, 2.75) is 20.3 Å². The summed E-state index contributed by atoms with van der Waals surface area (Å²) < 4.78 is 10.2. The van der Waals surface area contributed by atoms with Gasteiger partial charge in [0.05, 0.1) is 18.7 Å². The van der Waals surface area contributed by atoms with E-state index in [4.69, 9.17) is 21.1 Å². The molecular formula is C17H23ClN2O4. The van der Waals surface area contributed by atoms with Crippen molar-refractivity contribution in [1.82, 2.24) is 9.80 Å². The maximum absolute atomic E-state index is 12.8. The van der Waals surface area contributed by atoms with Gasteiger partial charge in [-0.1, -0.05) is 11.6 Å². The van der Waals surface area contributed by atoms with Crippen molar-refractivity contribution in [3.05, 3.63) is 28.3 Å². The van der Waals surface area contributed by atoms with Crippen LogP contribution >= 0.6 is 11.6 Å². The number of carbonyl (C=O) groups is 2.